The number of halogens is 6. The van der Waals surface area contributed by atoms with E-state index in [-0.39, 0.29) is 21.1 Å². The van der Waals surface area contributed by atoms with Crippen LogP contribution in [-0.4, -0.2) is 37.0 Å². The minimum Gasteiger partial charge on any atom is -0.279 e. The Morgan fingerprint density at radius 3 is 0.800 bits per heavy atom. The van der Waals surface area contributed by atoms with E-state index < -0.39 is 31.3 Å². The Kier molecular flexibility index (Phi) is 14.9. The molecule has 1 aliphatic carbocycles. The Hall–Kier alpha value is 0.0883. The van der Waals surface area contributed by atoms with Crippen molar-refractivity contribution >= 4 is 20.2 Å². The van der Waals surface area contributed by atoms with Crippen LogP contribution in [0.3, 0.4) is 0 Å². The van der Waals surface area contributed by atoms with Gasteiger partial charge in [-0.25, -0.2) is 0 Å². The second-order valence-electron chi connectivity index (χ2n) is 3.94. The molecule has 0 bridgehead atoms. The Bertz CT molecular complexity index is 477. The summed E-state index contributed by atoms with van der Waals surface area (Å²) < 4.78 is 115. The smallest absolute Gasteiger partial charge is 0.279 e. The predicted molar refractivity (Wildman–Crippen MR) is 70.9 cm³/mol. The second-order valence-corrected chi connectivity index (χ2v) is 6.77. The molecular weight excluding hydrogens is 589 g/mol. The van der Waals surface area contributed by atoms with Gasteiger partial charge < -0.3 is 0 Å². The van der Waals surface area contributed by atoms with Gasteiger partial charge in [0.2, 0.25) is 0 Å². The van der Waals surface area contributed by atoms with Crippen LogP contribution in [-0.2, 0) is 41.3 Å². The molecule has 6 nitrogen and oxygen atoms in total. The van der Waals surface area contributed by atoms with Crippen molar-refractivity contribution in [3.05, 3.63) is 25.7 Å². The third-order valence-corrected chi connectivity index (χ3v) is 3.09. The molecule has 0 aromatic heterocycles. The molecule has 0 amide bonds. The summed E-state index contributed by atoms with van der Waals surface area (Å²) >= 11 is 0. The van der Waals surface area contributed by atoms with Gasteiger partial charge >= 0.3 is 31.3 Å². The molecule has 4 radical (unpaired) electrons. The third kappa shape index (κ3) is 17.3. The Morgan fingerprint density at radius 1 is 0.600 bits per heavy atom. The van der Waals surface area contributed by atoms with Crippen LogP contribution in [0, 0.1) is 25.7 Å². The van der Waals surface area contributed by atoms with Crippen LogP contribution in [0.25, 0.3) is 0 Å². The average molecular weight is 603 g/mol. The van der Waals surface area contributed by atoms with E-state index in [1.807, 2.05) is 0 Å². The molecule has 1 rings (SSSR count). The normalized spacial score (nSPS) is 16.6. The molecule has 0 aromatic carbocycles. The van der Waals surface area contributed by atoms with Crippen LogP contribution in [0.15, 0.2) is 0 Å². The van der Waals surface area contributed by atoms with Gasteiger partial charge in [0, 0.05) is 21.1 Å². The largest absolute Gasteiger partial charge is 0.522 e. The molecule has 0 aromatic rings. The van der Waals surface area contributed by atoms with Crippen molar-refractivity contribution in [2.24, 2.45) is 0 Å². The topological polar surface area (TPSA) is 109 Å². The number of hydrogen-bond donors (Lipinski definition) is 2. The van der Waals surface area contributed by atoms with E-state index >= 15 is 0 Å². The Balaban J connectivity index is -0.000000285. The molecule has 0 saturated heterocycles. The van der Waals surface area contributed by atoms with E-state index in [0.717, 1.165) is 0 Å². The fourth-order valence-corrected chi connectivity index (χ4v) is 0.856. The zero-order valence-corrected chi connectivity index (χ0v) is 16.0. The maximum absolute atomic E-state index is 10.7. The van der Waals surface area contributed by atoms with Crippen molar-refractivity contribution in [3.63, 3.8) is 0 Å². The van der Waals surface area contributed by atoms with Crippen molar-refractivity contribution in [3.8, 4) is 0 Å². The van der Waals surface area contributed by atoms with Crippen LogP contribution in [0.5, 0.6) is 0 Å². The first-order chi connectivity index (χ1) is 10.5. The van der Waals surface area contributed by atoms with Gasteiger partial charge in [-0.05, 0) is 51.4 Å². The Labute approximate surface area is 156 Å². The summed E-state index contributed by atoms with van der Waals surface area (Å²) in [6, 6.07) is 0. The molecule has 0 heterocycles. The minimum absolute atomic E-state index is 0. The van der Waals surface area contributed by atoms with E-state index in [0.29, 0.717) is 0 Å². The van der Waals surface area contributed by atoms with E-state index in [9.17, 15) is 26.3 Å². The first-order valence-corrected chi connectivity index (χ1v) is 8.75. The average Bonchev–Trinajstić information content (AvgIpc) is 2.23. The van der Waals surface area contributed by atoms with Gasteiger partial charge in [-0.1, -0.05) is 0 Å². The van der Waals surface area contributed by atoms with Crippen molar-refractivity contribution in [2.75, 3.05) is 0 Å². The molecule has 2 N–H and O–H groups in total. The van der Waals surface area contributed by atoms with Gasteiger partial charge in [-0.2, -0.15) is 43.2 Å². The molecule has 0 aliphatic heterocycles. The molecule has 15 heteroatoms. The molecule has 0 spiro atoms. The zero-order valence-electron chi connectivity index (χ0n) is 12.1. The molecule has 1 aliphatic rings. The second kappa shape index (κ2) is 12.5. The number of rotatable bonds is 0. The maximum Gasteiger partial charge on any atom is 0.522 e. The summed E-state index contributed by atoms with van der Waals surface area (Å²) in [7, 11) is -11.7. The van der Waals surface area contributed by atoms with Crippen LogP contribution < -0.4 is 0 Å². The zero-order chi connectivity index (χ0) is 19.7. The van der Waals surface area contributed by atoms with Crippen LogP contribution in [0.1, 0.15) is 25.7 Å². The third-order valence-electron chi connectivity index (χ3n) is 1.92. The molecular formula is C10H14F6O6PtS2. The fraction of sp³-hybridized carbons (Fsp3) is 0.600. The number of hydrogen-bond acceptors (Lipinski definition) is 4. The standard InChI is InChI=1S/C8H12.2CHF3O3S.Pt/c1-2-4-6-8-7-5-3-1;2*2-1(3,4)8(5,6)7;/h1-2,7-8H,3-6H2;2*(H,5,6,7);. The van der Waals surface area contributed by atoms with Gasteiger partial charge in [0.25, 0.3) is 0 Å². The summed E-state index contributed by atoms with van der Waals surface area (Å²) in [6.45, 7) is 0. The summed E-state index contributed by atoms with van der Waals surface area (Å²) in [5.41, 5.74) is -11.1. The van der Waals surface area contributed by atoms with Crippen LogP contribution >= 0.6 is 0 Å². The molecule has 0 unspecified atom stereocenters. The van der Waals surface area contributed by atoms with Crippen LogP contribution in [0.2, 0.25) is 0 Å². The summed E-state index contributed by atoms with van der Waals surface area (Å²) in [4.78, 5) is 0. The van der Waals surface area contributed by atoms with Crippen molar-refractivity contribution in [1.29, 1.82) is 0 Å². The first-order valence-electron chi connectivity index (χ1n) is 5.87. The summed E-state index contributed by atoms with van der Waals surface area (Å²) in [6.07, 6.45) is 14.0. The van der Waals surface area contributed by atoms with Gasteiger partial charge in [-0.3, -0.25) is 9.11 Å². The van der Waals surface area contributed by atoms with Crippen LogP contribution in [0.4, 0.5) is 26.3 Å². The van der Waals surface area contributed by atoms with Crippen molar-refractivity contribution in [2.45, 2.75) is 36.7 Å². The molecule has 0 atom stereocenters. The fourth-order valence-electron chi connectivity index (χ4n) is 0.856. The summed E-state index contributed by atoms with van der Waals surface area (Å²) in [5, 5.41) is 0. The Morgan fingerprint density at radius 2 is 0.720 bits per heavy atom. The van der Waals surface area contributed by atoms with E-state index in [2.05, 4.69) is 25.7 Å². The van der Waals surface area contributed by atoms with E-state index in [1.165, 1.54) is 25.7 Å². The van der Waals surface area contributed by atoms with E-state index in [4.69, 9.17) is 25.9 Å². The quantitative estimate of drug-likeness (QED) is 0.250. The van der Waals surface area contributed by atoms with Gasteiger partial charge in [0.05, 0.1) is 0 Å². The number of alkyl halides is 6. The van der Waals surface area contributed by atoms with E-state index in [1.54, 1.807) is 0 Å². The molecule has 1 fully saturated rings. The van der Waals surface area contributed by atoms with Gasteiger partial charge in [-0.15, -0.1) is 0 Å². The maximum atomic E-state index is 10.7. The van der Waals surface area contributed by atoms with Gasteiger partial charge in [0.1, 0.15) is 0 Å². The summed E-state index contributed by atoms with van der Waals surface area (Å²) in [5.74, 6) is 0. The first kappa shape index (κ1) is 29.8. The predicted octanol–water partition coefficient (Wildman–Crippen LogP) is 3.16. The monoisotopic (exact) mass is 603 g/mol. The molecule has 1 saturated carbocycles. The van der Waals surface area contributed by atoms with Crippen molar-refractivity contribution in [1.82, 2.24) is 0 Å². The SMILES string of the molecule is O=S(=O)(O)C(F)(F)F.O=S(=O)(O)C(F)(F)F.[CH]1[CH]CC[CH][CH]CC1.[Pt]. The van der Waals surface area contributed by atoms with Gasteiger partial charge in [0.15, 0.2) is 0 Å². The minimum atomic E-state index is -5.84. The molecule has 25 heavy (non-hydrogen) atoms. The molecule has 154 valence electrons. The van der Waals surface area contributed by atoms with Crippen molar-refractivity contribution < 1.29 is 73.3 Å².